The number of hydrogen-bond donors (Lipinski definition) is 1. The van der Waals surface area contributed by atoms with Gasteiger partial charge in [-0.05, 0) is 71.5 Å². The minimum atomic E-state index is 0. The van der Waals surface area contributed by atoms with Gasteiger partial charge in [-0.25, -0.2) is 0 Å². The SMILES string of the molecule is CC1CCCC(C)N1C(=O)CN1CCC(CN)CC1.Cl. The number of halogens is 1. The fraction of sp³-hybridized carbons (Fsp3) is 0.933. The molecule has 118 valence electrons. The molecule has 0 aromatic rings. The average Bonchev–Trinajstić information content (AvgIpc) is 2.39. The van der Waals surface area contributed by atoms with Gasteiger partial charge in [0.1, 0.15) is 0 Å². The van der Waals surface area contributed by atoms with E-state index in [0.717, 1.165) is 45.3 Å². The maximum atomic E-state index is 12.5. The molecule has 2 aliphatic heterocycles. The number of likely N-dealkylation sites (tertiary alicyclic amines) is 2. The summed E-state index contributed by atoms with van der Waals surface area (Å²) >= 11 is 0. The van der Waals surface area contributed by atoms with Crippen molar-refractivity contribution < 1.29 is 4.79 Å². The Morgan fingerprint density at radius 2 is 1.65 bits per heavy atom. The minimum Gasteiger partial charge on any atom is -0.336 e. The quantitative estimate of drug-likeness (QED) is 0.866. The second-order valence-corrected chi connectivity index (χ2v) is 6.39. The first-order valence-corrected chi connectivity index (χ1v) is 7.85. The summed E-state index contributed by atoms with van der Waals surface area (Å²) in [4.78, 5) is 16.9. The maximum Gasteiger partial charge on any atom is 0.237 e. The molecule has 0 radical (unpaired) electrons. The first-order chi connectivity index (χ1) is 9.11. The van der Waals surface area contributed by atoms with E-state index in [9.17, 15) is 4.79 Å². The van der Waals surface area contributed by atoms with Crippen LogP contribution in [0.3, 0.4) is 0 Å². The molecule has 0 spiro atoms. The zero-order valence-electron chi connectivity index (χ0n) is 12.9. The highest BCUT2D eigenvalue weighted by Crippen LogP contribution is 2.23. The predicted molar refractivity (Wildman–Crippen MR) is 85.1 cm³/mol. The van der Waals surface area contributed by atoms with Crippen molar-refractivity contribution in [3.05, 3.63) is 0 Å². The van der Waals surface area contributed by atoms with Crippen molar-refractivity contribution in [3.8, 4) is 0 Å². The van der Waals surface area contributed by atoms with Gasteiger partial charge in [-0.2, -0.15) is 0 Å². The summed E-state index contributed by atoms with van der Waals surface area (Å²) in [5, 5.41) is 0. The van der Waals surface area contributed by atoms with E-state index < -0.39 is 0 Å². The molecule has 2 fully saturated rings. The Bertz CT molecular complexity index is 295. The smallest absolute Gasteiger partial charge is 0.237 e. The second-order valence-electron chi connectivity index (χ2n) is 6.39. The molecular formula is C15H30ClN3O. The van der Waals surface area contributed by atoms with E-state index in [1.807, 2.05) is 0 Å². The first kappa shape index (κ1) is 17.7. The van der Waals surface area contributed by atoms with E-state index in [1.54, 1.807) is 0 Å². The van der Waals surface area contributed by atoms with Gasteiger partial charge >= 0.3 is 0 Å². The van der Waals surface area contributed by atoms with E-state index >= 15 is 0 Å². The van der Waals surface area contributed by atoms with Gasteiger partial charge in [0.25, 0.3) is 0 Å². The Kier molecular flexibility index (Phi) is 7.27. The average molecular weight is 304 g/mol. The molecule has 2 saturated heterocycles. The van der Waals surface area contributed by atoms with Crippen molar-refractivity contribution in [1.29, 1.82) is 0 Å². The highest BCUT2D eigenvalue weighted by molar-refractivity contribution is 5.85. The van der Waals surface area contributed by atoms with Crippen LogP contribution in [0.15, 0.2) is 0 Å². The normalized spacial score (nSPS) is 29.1. The van der Waals surface area contributed by atoms with Crippen molar-refractivity contribution in [2.24, 2.45) is 11.7 Å². The number of carbonyl (C=O) groups is 1. The fourth-order valence-corrected chi connectivity index (χ4v) is 3.57. The van der Waals surface area contributed by atoms with Gasteiger partial charge in [-0.15, -0.1) is 12.4 Å². The van der Waals surface area contributed by atoms with Gasteiger partial charge < -0.3 is 10.6 Å². The van der Waals surface area contributed by atoms with Crippen LogP contribution in [-0.4, -0.2) is 54.0 Å². The Morgan fingerprint density at radius 3 is 2.15 bits per heavy atom. The molecule has 2 heterocycles. The molecule has 20 heavy (non-hydrogen) atoms. The molecule has 1 amide bonds. The molecule has 0 aromatic carbocycles. The standard InChI is InChI=1S/C15H29N3O.ClH/c1-12-4-3-5-13(2)18(12)15(19)11-17-8-6-14(10-16)7-9-17;/h12-14H,3-11,16H2,1-2H3;1H. The van der Waals surface area contributed by atoms with Crippen LogP contribution in [0.1, 0.15) is 46.0 Å². The molecule has 5 heteroatoms. The van der Waals surface area contributed by atoms with Gasteiger partial charge in [-0.3, -0.25) is 9.69 Å². The summed E-state index contributed by atoms with van der Waals surface area (Å²) in [6.45, 7) is 7.84. The summed E-state index contributed by atoms with van der Waals surface area (Å²) in [6, 6.07) is 0.829. The Labute approximate surface area is 129 Å². The lowest BCUT2D eigenvalue weighted by molar-refractivity contribution is -0.138. The Morgan fingerprint density at radius 1 is 1.10 bits per heavy atom. The third-order valence-electron chi connectivity index (χ3n) is 4.88. The number of nitrogens with zero attached hydrogens (tertiary/aromatic N) is 2. The number of amides is 1. The topological polar surface area (TPSA) is 49.6 Å². The summed E-state index contributed by atoms with van der Waals surface area (Å²) < 4.78 is 0. The molecule has 0 aliphatic carbocycles. The van der Waals surface area contributed by atoms with Crippen LogP contribution in [0, 0.1) is 5.92 Å². The molecule has 2 atom stereocenters. The minimum absolute atomic E-state index is 0. The van der Waals surface area contributed by atoms with Crippen LogP contribution in [0.25, 0.3) is 0 Å². The van der Waals surface area contributed by atoms with Crippen LogP contribution < -0.4 is 5.73 Å². The van der Waals surface area contributed by atoms with Gasteiger partial charge in [0.15, 0.2) is 0 Å². The van der Waals surface area contributed by atoms with Crippen molar-refractivity contribution >= 4 is 18.3 Å². The Hall–Kier alpha value is -0.320. The zero-order chi connectivity index (χ0) is 13.8. The summed E-state index contributed by atoms with van der Waals surface area (Å²) in [7, 11) is 0. The van der Waals surface area contributed by atoms with Gasteiger partial charge in [0.05, 0.1) is 6.54 Å². The lowest BCUT2D eigenvalue weighted by Gasteiger charge is -2.41. The molecule has 2 N–H and O–H groups in total. The van der Waals surface area contributed by atoms with Crippen molar-refractivity contribution in [2.75, 3.05) is 26.2 Å². The predicted octanol–water partition coefficient (Wildman–Crippen LogP) is 1.87. The van der Waals surface area contributed by atoms with Crippen molar-refractivity contribution in [1.82, 2.24) is 9.80 Å². The van der Waals surface area contributed by atoms with E-state index in [2.05, 4.69) is 23.6 Å². The first-order valence-electron chi connectivity index (χ1n) is 7.85. The number of hydrogen-bond acceptors (Lipinski definition) is 3. The molecular weight excluding hydrogens is 274 g/mol. The van der Waals surface area contributed by atoms with Gasteiger partial charge in [0, 0.05) is 12.1 Å². The molecule has 0 bridgehead atoms. The monoisotopic (exact) mass is 303 g/mol. The number of rotatable bonds is 3. The van der Waals surface area contributed by atoms with E-state index in [-0.39, 0.29) is 12.4 Å². The summed E-state index contributed by atoms with van der Waals surface area (Å²) in [5.74, 6) is 0.991. The van der Waals surface area contributed by atoms with Crippen molar-refractivity contribution in [3.63, 3.8) is 0 Å². The second kappa shape index (κ2) is 8.20. The summed E-state index contributed by atoms with van der Waals surface area (Å²) in [6.07, 6.45) is 5.87. The number of nitrogens with two attached hydrogens (primary N) is 1. The van der Waals surface area contributed by atoms with Crippen LogP contribution >= 0.6 is 12.4 Å². The fourth-order valence-electron chi connectivity index (χ4n) is 3.57. The van der Waals surface area contributed by atoms with Crippen LogP contribution in [0.5, 0.6) is 0 Å². The molecule has 2 unspecified atom stereocenters. The van der Waals surface area contributed by atoms with Gasteiger partial charge in [0.2, 0.25) is 5.91 Å². The molecule has 0 saturated carbocycles. The lowest BCUT2D eigenvalue weighted by Crippen LogP contribution is -2.52. The van der Waals surface area contributed by atoms with E-state index in [1.165, 1.54) is 6.42 Å². The lowest BCUT2D eigenvalue weighted by atomic mass is 9.96. The number of carbonyl (C=O) groups excluding carboxylic acids is 1. The van der Waals surface area contributed by atoms with Crippen LogP contribution in [-0.2, 0) is 4.79 Å². The number of piperidine rings is 2. The highest BCUT2D eigenvalue weighted by atomic mass is 35.5. The van der Waals surface area contributed by atoms with Crippen LogP contribution in [0.2, 0.25) is 0 Å². The van der Waals surface area contributed by atoms with E-state index in [0.29, 0.717) is 30.5 Å². The van der Waals surface area contributed by atoms with Gasteiger partial charge in [-0.1, -0.05) is 0 Å². The highest BCUT2D eigenvalue weighted by Gasteiger charge is 2.30. The largest absolute Gasteiger partial charge is 0.336 e. The van der Waals surface area contributed by atoms with Crippen LogP contribution in [0.4, 0.5) is 0 Å². The molecule has 2 rings (SSSR count). The molecule has 0 aromatic heterocycles. The molecule has 4 nitrogen and oxygen atoms in total. The molecule has 2 aliphatic rings. The summed E-state index contributed by atoms with van der Waals surface area (Å²) in [5.41, 5.74) is 5.71. The maximum absolute atomic E-state index is 12.5. The third kappa shape index (κ3) is 4.34. The Balaban J connectivity index is 0.00000200. The van der Waals surface area contributed by atoms with E-state index in [4.69, 9.17) is 5.73 Å². The van der Waals surface area contributed by atoms with Crippen molar-refractivity contribution in [2.45, 2.75) is 58.0 Å². The third-order valence-corrected chi connectivity index (χ3v) is 4.88. The zero-order valence-corrected chi connectivity index (χ0v) is 13.7.